The Labute approximate surface area is 144 Å². The van der Waals surface area contributed by atoms with Crippen molar-refractivity contribution in [3.05, 3.63) is 29.8 Å². The molecular weight excluding hydrogens is 350 g/mol. The zero-order valence-corrected chi connectivity index (χ0v) is 15.5. The molecule has 0 aliphatic carbocycles. The van der Waals surface area contributed by atoms with E-state index < -0.39 is 20.0 Å². The number of sulfonamides is 2. The van der Waals surface area contributed by atoms with Crippen LogP contribution in [-0.4, -0.2) is 64.5 Å². The molecule has 0 bridgehead atoms. The quantitative estimate of drug-likeness (QED) is 0.735. The molecule has 1 saturated heterocycles. The fourth-order valence-corrected chi connectivity index (χ4v) is 4.65. The molecule has 0 amide bonds. The molecule has 1 aromatic carbocycles. The zero-order chi connectivity index (χ0) is 17.8. The highest BCUT2D eigenvalue weighted by molar-refractivity contribution is 7.89. The van der Waals surface area contributed by atoms with Crippen molar-refractivity contribution in [3.8, 4) is 0 Å². The molecule has 9 heteroatoms. The van der Waals surface area contributed by atoms with Gasteiger partial charge in [0.2, 0.25) is 20.0 Å². The molecule has 24 heavy (non-hydrogen) atoms. The fourth-order valence-electron chi connectivity index (χ4n) is 2.72. The number of piperazine rings is 1. The van der Waals surface area contributed by atoms with E-state index in [0.29, 0.717) is 37.6 Å². The number of hydrogen-bond donors (Lipinski definition) is 1. The molecule has 0 saturated carbocycles. The van der Waals surface area contributed by atoms with Gasteiger partial charge in [0.1, 0.15) is 0 Å². The normalized spacial score (nSPS) is 17.9. The minimum atomic E-state index is -3.50. The van der Waals surface area contributed by atoms with Gasteiger partial charge in [-0.25, -0.2) is 22.0 Å². The highest BCUT2D eigenvalue weighted by Gasteiger charge is 2.28. The lowest BCUT2D eigenvalue weighted by atomic mass is 10.1. The van der Waals surface area contributed by atoms with Gasteiger partial charge < -0.3 is 0 Å². The molecule has 2 N–H and O–H groups in total. The third-order valence-corrected chi connectivity index (χ3v) is 6.79. The van der Waals surface area contributed by atoms with Crippen LogP contribution in [0.5, 0.6) is 0 Å². The molecule has 0 atom stereocenters. The summed E-state index contributed by atoms with van der Waals surface area (Å²) in [6.45, 7) is 4.12. The van der Waals surface area contributed by atoms with Crippen molar-refractivity contribution in [2.45, 2.75) is 24.7 Å². The van der Waals surface area contributed by atoms with E-state index in [1.165, 1.54) is 4.31 Å². The van der Waals surface area contributed by atoms with Gasteiger partial charge >= 0.3 is 0 Å². The van der Waals surface area contributed by atoms with Crippen molar-refractivity contribution in [2.24, 2.45) is 5.14 Å². The first-order chi connectivity index (χ1) is 11.2. The number of hydrogen-bond acceptors (Lipinski definition) is 5. The minimum absolute atomic E-state index is 0.112. The summed E-state index contributed by atoms with van der Waals surface area (Å²) in [6.07, 6.45) is 1.95. The molecule has 2 rings (SSSR count). The number of benzene rings is 1. The smallest absolute Gasteiger partial charge is 0.243 e. The van der Waals surface area contributed by atoms with Crippen molar-refractivity contribution in [3.63, 3.8) is 0 Å². The van der Waals surface area contributed by atoms with Gasteiger partial charge in [0.05, 0.1) is 10.6 Å². The van der Waals surface area contributed by atoms with Gasteiger partial charge in [-0.15, -0.1) is 0 Å². The molecule has 1 heterocycles. The second kappa shape index (κ2) is 7.92. The van der Waals surface area contributed by atoms with Crippen LogP contribution in [-0.2, 0) is 26.5 Å². The number of aryl methyl sites for hydroxylation is 1. The molecule has 136 valence electrons. The molecule has 0 unspecified atom stereocenters. The molecule has 0 aromatic heterocycles. The maximum atomic E-state index is 12.7. The van der Waals surface area contributed by atoms with E-state index >= 15 is 0 Å². The van der Waals surface area contributed by atoms with Crippen LogP contribution in [0.25, 0.3) is 0 Å². The van der Waals surface area contributed by atoms with E-state index in [0.717, 1.165) is 18.4 Å². The van der Waals surface area contributed by atoms with Crippen molar-refractivity contribution in [1.82, 2.24) is 9.21 Å². The zero-order valence-electron chi connectivity index (χ0n) is 13.9. The Morgan fingerprint density at radius 1 is 1.00 bits per heavy atom. The first-order valence-corrected chi connectivity index (χ1v) is 11.2. The number of primary sulfonamides is 1. The van der Waals surface area contributed by atoms with E-state index in [4.69, 9.17) is 5.14 Å². The van der Waals surface area contributed by atoms with Crippen LogP contribution in [0.4, 0.5) is 0 Å². The second-order valence-corrected chi connectivity index (χ2v) is 9.68. The molecule has 1 aliphatic heterocycles. The average molecular weight is 376 g/mol. The van der Waals surface area contributed by atoms with Crippen LogP contribution >= 0.6 is 0 Å². The summed E-state index contributed by atoms with van der Waals surface area (Å²) in [5.41, 5.74) is 1.13. The van der Waals surface area contributed by atoms with Gasteiger partial charge in [-0.1, -0.05) is 25.5 Å². The predicted molar refractivity (Wildman–Crippen MR) is 93.6 cm³/mol. The molecule has 0 spiro atoms. The Bertz CT molecular complexity index is 737. The largest absolute Gasteiger partial charge is 0.300 e. The third kappa shape index (κ3) is 5.25. The van der Waals surface area contributed by atoms with Crippen molar-refractivity contribution in [2.75, 3.05) is 38.5 Å². The Hall–Kier alpha value is -1.00. The predicted octanol–water partition coefficient (Wildman–Crippen LogP) is 0.234. The van der Waals surface area contributed by atoms with Gasteiger partial charge in [0, 0.05) is 32.7 Å². The molecule has 0 radical (unpaired) electrons. The lowest BCUT2D eigenvalue weighted by molar-refractivity contribution is 0.197. The van der Waals surface area contributed by atoms with Crippen LogP contribution in [0.3, 0.4) is 0 Å². The Morgan fingerprint density at radius 2 is 1.58 bits per heavy atom. The van der Waals surface area contributed by atoms with Gasteiger partial charge in [-0.05, 0) is 24.1 Å². The minimum Gasteiger partial charge on any atom is -0.300 e. The van der Waals surface area contributed by atoms with E-state index in [9.17, 15) is 16.8 Å². The fraction of sp³-hybridized carbons (Fsp3) is 0.600. The maximum absolute atomic E-state index is 12.7. The summed E-state index contributed by atoms with van der Waals surface area (Å²) in [5.74, 6) is -0.112. The second-order valence-electron chi connectivity index (χ2n) is 6.01. The Morgan fingerprint density at radius 3 is 2.08 bits per heavy atom. The standard InChI is InChI=1S/C15H25N3O4S2/c1-2-3-14-4-6-15(7-5-14)24(21,22)18-10-8-17(9-11-18)12-13-23(16,19)20/h4-7H,2-3,8-13H2,1H3,(H2,16,19,20). The molecule has 1 aromatic rings. The maximum Gasteiger partial charge on any atom is 0.243 e. The van der Waals surface area contributed by atoms with Gasteiger partial charge in [-0.2, -0.15) is 4.31 Å². The van der Waals surface area contributed by atoms with Gasteiger partial charge in [0.25, 0.3) is 0 Å². The molecular formula is C15H25N3O4S2. The summed E-state index contributed by atoms with van der Waals surface area (Å²) in [4.78, 5) is 2.22. The van der Waals surface area contributed by atoms with Crippen LogP contribution in [0.15, 0.2) is 29.2 Å². The highest BCUT2D eigenvalue weighted by atomic mass is 32.2. The summed E-state index contributed by atoms with van der Waals surface area (Å²) >= 11 is 0. The molecule has 1 aliphatic rings. The summed E-state index contributed by atoms with van der Waals surface area (Å²) in [6, 6.07) is 7.04. The van der Waals surface area contributed by atoms with E-state index in [2.05, 4.69) is 6.92 Å². The van der Waals surface area contributed by atoms with Crippen molar-refractivity contribution < 1.29 is 16.8 Å². The van der Waals surface area contributed by atoms with E-state index in [-0.39, 0.29) is 5.75 Å². The summed E-state index contributed by atoms with van der Waals surface area (Å²) in [5, 5.41) is 5.00. The lowest BCUT2D eigenvalue weighted by Gasteiger charge is -2.33. The monoisotopic (exact) mass is 375 g/mol. The highest BCUT2D eigenvalue weighted by Crippen LogP contribution is 2.18. The lowest BCUT2D eigenvalue weighted by Crippen LogP contribution is -2.49. The van der Waals surface area contributed by atoms with E-state index in [1.807, 2.05) is 17.0 Å². The van der Waals surface area contributed by atoms with Gasteiger partial charge in [-0.3, -0.25) is 4.90 Å². The van der Waals surface area contributed by atoms with Crippen LogP contribution in [0, 0.1) is 0 Å². The van der Waals surface area contributed by atoms with Gasteiger partial charge in [0.15, 0.2) is 0 Å². The molecule has 7 nitrogen and oxygen atoms in total. The first-order valence-electron chi connectivity index (χ1n) is 8.04. The first kappa shape index (κ1) is 19.3. The summed E-state index contributed by atoms with van der Waals surface area (Å²) in [7, 11) is -6.99. The number of nitrogens with two attached hydrogens (primary N) is 1. The topological polar surface area (TPSA) is 101 Å². The SMILES string of the molecule is CCCc1ccc(S(=O)(=O)N2CCN(CCS(N)(=O)=O)CC2)cc1. The van der Waals surface area contributed by atoms with Crippen molar-refractivity contribution in [1.29, 1.82) is 0 Å². The number of rotatable bonds is 7. The Kier molecular flexibility index (Phi) is 6.38. The van der Waals surface area contributed by atoms with Crippen LogP contribution < -0.4 is 5.14 Å². The summed E-state index contributed by atoms with van der Waals surface area (Å²) < 4.78 is 48.8. The van der Waals surface area contributed by atoms with Crippen molar-refractivity contribution >= 4 is 20.0 Å². The van der Waals surface area contributed by atoms with Crippen LogP contribution in [0.2, 0.25) is 0 Å². The van der Waals surface area contributed by atoms with E-state index in [1.54, 1.807) is 12.1 Å². The Balaban J connectivity index is 1.96. The van der Waals surface area contributed by atoms with Crippen LogP contribution in [0.1, 0.15) is 18.9 Å². The third-order valence-electron chi connectivity index (χ3n) is 4.12. The molecule has 1 fully saturated rings. The number of nitrogens with zero attached hydrogens (tertiary/aromatic N) is 2. The average Bonchev–Trinajstić information content (AvgIpc) is 2.53.